The summed E-state index contributed by atoms with van der Waals surface area (Å²) < 4.78 is 0. The number of nitrogens with two attached hydrogens (primary N) is 1. The number of rotatable bonds is 5. The van der Waals surface area contributed by atoms with Crippen LogP contribution in [0.5, 0.6) is 0 Å². The van der Waals surface area contributed by atoms with Gasteiger partial charge < -0.3 is 16.2 Å². The molecule has 0 aliphatic heterocycles. The molecule has 21 heavy (non-hydrogen) atoms. The molecular weight excluding hydrogens is 290 g/mol. The summed E-state index contributed by atoms with van der Waals surface area (Å²) in [6.45, 7) is 2.13. The van der Waals surface area contributed by atoms with Gasteiger partial charge in [-0.3, -0.25) is 4.79 Å². The molecule has 0 bridgehead atoms. The number of hydrogen-bond acceptors (Lipinski definition) is 5. The van der Waals surface area contributed by atoms with E-state index in [0.29, 0.717) is 29.9 Å². The van der Waals surface area contributed by atoms with Crippen LogP contribution < -0.4 is 11.1 Å². The van der Waals surface area contributed by atoms with Gasteiger partial charge in [-0.15, -0.1) is 11.3 Å². The Kier molecular flexibility index (Phi) is 4.66. The molecule has 0 spiro atoms. The maximum atomic E-state index is 12.1. The first-order valence-electron chi connectivity index (χ1n) is 6.31. The van der Waals surface area contributed by atoms with Crippen molar-refractivity contribution in [2.75, 3.05) is 11.9 Å². The number of nitrogens with zero attached hydrogens (tertiary/aromatic N) is 1. The Balaban J connectivity index is 2.19. The highest BCUT2D eigenvalue weighted by Gasteiger charge is 2.15. The molecule has 0 saturated heterocycles. The minimum Gasteiger partial charge on any atom is -0.478 e. The van der Waals surface area contributed by atoms with E-state index in [-0.39, 0.29) is 11.5 Å². The fourth-order valence-corrected chi connectivity index (χ4v) is 2.64. The molecule has 1 heterocycles. The van der Waals surface area contributed by atoms with Crippen LogP contribution in [0.2, 0.25) is 0 Å². The van der Waals surface area contributed by atoms with Crippen molar-refractivity contribution < 1.29 is 14.7 Å². The monoisotopic (exact) mass is 305 g/mol. The molecule has 1 aromatic carbocycles. The normalized spacial score (nSPS) is 10.4. The molecule has 2 aromatic rings. The van der Waals surface area contributed by atoms with Crippen molar-refractivity contribution in [3.63, 3.8) is 0 Å². The largest absolute Gasteiger partial charge is 0.478 e. The molecule has 2 rings (SSSR count). The highest BCUT2D eigenvalue weighted by molar-refractivity contribution is 7.09. The van der Waals surface area contributed by atoms with Gasteiger partial charge in [0.25, 0.3) is 5.91 Å². The maximum Gasteiger partial charge on any atom is 0.336 e. The fourth-order valence-electron chi connectivity index (χ4n) is 1.84. The highest BCUT2D eigenvalue weighted by Crippen LogP contribution is 2.20. The van der Waals surface area contributed by atoms with E-state index in [9.17, 15) is 9.59 Å². The standard InChI is InChI=1S/C14H15N3O3S/c1-8-9(14(19)20)3-2-4-10(8)17-13(18)11-7-21-12(16-11)5-6-15/h2-4,7H,5-6,15H2,1H3,(H,17,18)(H,19,20). The van der Waals surface area contributed by atoms with Crippen molar-refractivity contribution in [1.82, 2.24) is 4.98 Å². The fraction of sp³-hybridized carbons (Fsp3) is 0.214. The maximum absolute atomic E-state index is 12.1. The van der Waals surface area contributed by atoms with Crippen LogP contribution in [-0.4, -0.2) is 28.5 Å². The molecule has 0 fully saturated rings. The smallest absolute Gasteiger partial charge is 0.336 e. The first-order chi connectivity index (χ1) is 10.0. The molecule has 0 radical (unpaired) electrons. The van der Waals surface area contributed by atoms with Gasteiger partial charge in [0.15, 0.2) is 0 Å². The average Bonchev–Trinajstić information content (AvgIpc) is 2.90. The summed E-state index contributed by atoms with van der Waals surface area (Å²) in [6.07, 6.45) is 0.630. The number of hydrogen-bond donors (Lipinski definition) is 3. The summed E-state index contributed by atoms with van der Waals surface area (Å²) in [7, 11) is 0. The molecular formula is C14H15N3O3S. The molecule has 0 saturated carbocycles. The second-order valence-electron chi connectivity index (χ2n) is 4.40. The van der Waals surface area contributed by atoms with Crippen LogP contribution in [0.25, 0.3) is 0 Å². The van der Waals surface area contributed by atoms with Gasteiger partial charge in [0.2, 0.25) is 0 Å². The Hall–Kier alpha value is -2.25. The number of carbonyl (C=O) groups is 2. The Morgan fingerprint density at radius 2 is 2.19 bits per heavy atom. The van der Waals surface area contributed by atoms with Gasteiger partial charge in [0, 0.05) is 17.5 Å². The van der Waals surface area contributed by atoms with Crippen LogP contribution in [0.4, 0.5) is 5.69 Å². The molecule has 0 aliphatic rings. The van der Waals surface area contributed by atoms with E-state index >= 15 is 0 Å². The molecule has 0 atom stereocenters. The van der Waals surface area contributed by atoms with Gasteiger partial charge in [-0.2, -0.15) is 0 Å². The lowest BCUT2D eigenvalue weighted by molar-refractivity contribution is 0.0695. The first kappa shape index (κ1) is 15.1. The Bertz CT molecular complexity index is 682. The van der Waals surface area contributed by atoms with Crippen molar-refractivity contribution in [3.05, 3.63) is 45.4 Å². The molecule has 110 valence electrons. The lowest BCUT2D eigenvalue weighted by Crippen LogP contribution is -2.14. The minimum atomic E-state index is -1.03. The number of carboxylic acid groups (broad SMARTS) is 1. The van der Waals surface area contributed by atoms with Gasteiger partial charge in [0.05, 0.1) is 10.6 Å². The summed E-state index contributed by atoms with van der Waals surface area (Å²) in [5.74, 6) is -1.39. The predicted octanol–water partition coefficient (Wildman–Crippen LogP) is 1.90. The van der Waals surface area contributed by atoms with Crippen molar-refractivity contribution in [3.8, 4) is 0 Å². The quantitative estimate of drug-likeness (QED) is 0.782. The van der Waals surface area contributed by atoms with E-state index in [1.807, 2.05) is 0 Å². The van der Waals surface area contributed by atoms with Crippen molar-refractivity contribution in [2.24, 2.45) is 5.73 Å². The Morgan fingerprint density at radius 3 is 2.86 bits per heavy atom. The third-order valence-electron chi connectivity index (χ3n) is 2.95. The molecule has 1 aromatic heterocycles. The summed E-state index contributed by atoms with van der Waals surface area (Å²) in [5.41, 5.74) is 6.89. The number of carbonyl (C=O) groups excluding carboxylic acids is 1. The Morgan fingerprint density at radius 1 is 1.43 bits per heavy atom. The van der Waals surface area contributed by atoms with Gasteiger partial charge in [0.1, 0.15) is 5.69 Å². The van der Waals surface area contributed by atoms with Gasteiger partial charge in [-0.05, 0) is 31.2 Å². The van der Waals surface area contributed by atoms with Crippen LogP contribution >= 0.6 is 11.3 Å². The SMILES string of the molecule is Cc1c(NC(=O)c2csc(CCN)n2)cccc1C(=O)O. The second-order valence-corrected chi connectivity index (χ2v) is 5.35. The summed E-state index contributed by atoms with van der Waals surface area (Å²) >= 11 is 1.38. The molecule has 1 amide bonds. The van der Waals surface area contributed by atoms with Gasteiger partial charge >= 0.3 is 5.97 Å². The summed E-state index contributed by atoms with van der Waals surface area (Å²) in [6, 6.07) is 4.75. The zero-order chi connectivity index (χ0) is 15.4. The minimum absolute atomic E-state index is 0.162. The second kappa shape index (κ2) is 6.47. The number of carboxylic acids is 1. The first-order valence-corrected chi connectivity index (χ1v) is 7.19. The zero-order valence-electron chi connectivity index (χ0n) is 11.4. The van der Waals surface area contributed by atoms with Gasteiger partial charge in [-0.1, -0.05) is 6.07 Å². The number of benzene rings is 1. The van der Waals surface area contributed by atoms with Crippen LogP contribution in [-0.2, 0) is 6.42 Å². The van der Waals surface area contributed by atoms with Gasteiger partial charge in [-0.25, -0.2) is 9.78 Å². The predicted molar refractivity (Wildman–Crippen MR) is 81.0 cm³/mol. The van der Waals surface area contributed by atoms with Crippen molar-refractivity contribution in [2.45, 2.75) is 13.3 Å². The van der Waals surface area contributed by atoms with E-state index in [4.69, 9.17) is 10.8 Å². The van der Waals surface area contributed by atoms with Crippen LogP contribution in [0.1, 0.15) is 31.4 Å². The van der Waals surface area contributed by atoms with E-state index in [2.05, 4.69) is 10.3 Å². The molecule has 0 aliphatic carbocycles. The molecule has 6 nitrogen and oxygen atoms in total. The molecule has 0 unspecified atom stereocenters. The lowest BCUT2D eigenvalue weighted by Gasteiger charge is -2.09. The number of nitrogens with one attached hydrogen (secondary N) is 1. The van der Waals surface area contributed by atoms with E-state index in [0.717, 1.165) is 5.01 Å². The van der Waals surface area contributed by atoms with Crippen LogP contribution in [0, 0.1) is 6.92 Å². The number of thiazole rings is 1. The lowest BCUT2D eigenvalue weighted by atomic mass is 10.1. The summed E-state index contributed by atoms with van der Waals surface area (Å²) in [5, 5.41) is 14.2. The topological polar surface area (TPSA) is 105 Å². The third kappa shape index (κ3) is 3.45. The van der Waals surface area contributed by atoms with Crippen molar-refractivity contribution >= 4 is 28.9 Å². The van der Waals surface area contributed by atoms with Crippen molar-refractivity contribution in [1.29, 1.82) is 0 Å². The summed E-state index contributed by atoms with van der Waals surface area (Å²) in [4.78, 5) is 27.4. The molecule has 7 heteroatoms. The van der Waals surface area contributed by atoms with E-state index in [1.54, 1.807) is 24.4 Å². The van der Waals surface area contributed by atoms with E-state index < -0.39 is 5.97 Å². The number of anilines is 1. The number of aromatic nitrogens is 1. The van der Waals surface area contributed by atoms with Crippen LogP contribution in [0.3, 0.4) is 0 Å². The Labute approximate surface area is 125 Å². The van der Waals surface area contributed by atoms with Crippen LogP contribution in [0.15, 0.2) is 23.6 Å². The molecule has 4 N–H and O–H groups in total. The average molecular weight is 305 g/mol. The zero-order valence-corrected chi connectivity index (χ0v) is 12.2. The third-order valence-corrected chi connectivity index (χ3v) is 3.86. The number of amides is 1. The van der Waals surface area contributed by atoms with E-state index in [1.165, 1.54) is 17.4 Å². The number of aromatic carboxylic acids is 1. The highest BCUT2D eigenvalue weighted by atomic mass is 32.1.